The zero-order valence-corrected chi connectivity index (χ0v) is 10.4. The van der Waals surface area contributed by atoms with Crippen LogP contribution in [0.2, 0.25) is 0 Å². The lowest BCUT2D eigenvalue weighted by atomic mass is 9.86. The Balaban J connectivity index is 0.000000181. The van der Waals surface area contributed by atoms with Gasteiger partial charge in [0.1, 0.15) is 0 Å². The third-order valence-electron chi connectivity index (χ3n) is 2.89. The summed E-state index contributed by atoms with van der Waals surface area (Å²) in [4.78, 5) is 19.8. The maximum absolute atomic E-state index is 9.92. The van der Waals surface area contributed by atoms with Gasteiger partial charge in [0.25, 0.3) is 0 Å². The first-order chi connectivity index (χ1) is 7.99. The molecule has 2 rings (SSSR count). The summed E-state index contributed by atoms with van der Waals surface area (Å²) < 4.78 is 3.97. The van der Waals surface area contributed by atoms with Crippen LogP contribution in [0.1, 0.15) is 33.1 Å². The first-order valence-electron chi connectivity index (χ1n) is 5.74. The molecular formula is C14H18O3. The smallest absolute Gasteiger partial charge is 0.338 e. The van der Waals surface area contributed by atoms with Crippen molar-refractivity contribution in [2.45, 2.75) is 33.1 Å². The van der Waals surface area contributed by atoms with Gasteiger partial charge in [-0.15, -0.1) is 0 Å². The van der Waals surface area contributed by atoms with Crippen LogP contribution in [0.4, 0.5) is 0 Å². The lowest BCUT2D eigenvalue weighted by Crippen LogP contribution is -2.04. The minimum absolute atomic E-state index is 0.579. The Hall–Kier alpha value is -1.64. The molecule has 1 heterocycles. The predicted molar refractivity (Wildman–Crippen MR) is 66.2 cm³/mol. The van der Waals surface area contributed by atoms with Crippen molar-refractivity contribution >= 4 is 11.9 Å². The van der Waals surface area contributed by atoms with Crippen molar-refractivity contribution in [3.63, 3.8) is 0 Å². The fraction of sp³-hybridized carbons (Fsp3) is 0.429. The summed E-state index contributed by atoms with van der Waals surface area (Å²) in [5.74, 6) is -0.390. The lowest BCUT2D eigenvalue weighted by molar-refractivity contribution is -0.150. The summed E-state index contributed by atoms with van der Waals surface area (Å²) in [5, 5.41) is 0. The number of carbonyl (C=O) groups excluding carboxylic acids is 2. The molecule has 0 amide bonds. The Morgan fingerprint density at radius 1 is 1.35 bits per heavy atom. The van der Waals surface area contributed by atoms with Crippen LogP contribution >= 0.6 is 0 Å². The maximum Gasteiger partial charge on any atom is 0.338 e. The number of carbonyl (C=O) groups is 2. The Bertz CT molecular complexity index is 372. The van der Waals surface area contributed by atoms with Gasteiger partial charge in [-0.1, -0.05) is 23.8 Å². The molecule has 1 atom stereocenters. The minimum Gasteiger partial charge on any atom is -0.387 e. The van der Waals surface area contributed by atoms with E-state index in [-0.39, 0.29) is 0 Å². The molecule has 0 aromatic heterocycles. The minimum atomic E-state index is -0.579. The number of esters is 2. The highest BCUT2D eigenvalue weighted by Gasteiger charge is 2.12. The Morgan fingerprint density at radius 2 is 1.94 bits per heavy atom. The first-order valence-corrected chi connectivity index (χ1v) is 5.74. The molecule has 92 valence electrons. The molecule has 0 aromatic carbocycles. The van der Waals surface area contributed by atoms with E-state index in [1.165, 1.54) is 24.8 Å². The van der Waals surface area contributed by atoms with Crippen LogP contribution in [0.3, 0.4) is 0 Å². The highest BCUT2D eigenvalue weighted by molar-refractivity contribution is 6.04. The van der Waals surface area contributed by atoms with Gasteiger partial charge in [-0.3, -0.25) is 0 Å². The second kappa shape index (κ2) is 6.18. The van der Waals surface area contributed by atoms with Crippen molar-refractivity contribution in [3.8, 4) is 0 Å². The van der Waals surface area contributed by atoms with Crippen LogP contribution in [-0.4, -0.2) is 11.9 Å². The average Bonchev–Trinajstić information content (AvgIpc) is 2.64. The van der Waals surface area contributed by atoms with E-state index in [4.69, 9.17) is 0 Å². The zero-order chi connectivity index (χ0) is 12.8. The third-order valence-corrected chi connectivity index (χ3v) is 2.89. The van der Waals surface area contributed by atoms with Gasteiger partial charge in [-0.25, -0.2) is 9.59 Å². The second-order valence-corrected chi connectivity index (χ2v) is 4.44. The van der Waals surface area contributed by atoms with Gasteiger partial charge in [-0.05, 0) is 39.0 Å². The van der Waals surface area contributed by atoms with Gasteiger partial charge in [0.2, 0.25) is 0 Å². The van der Waals surface area contributed by atoms with Crippen LogP contribution < -0.4 is 0 Å². The molecule has 1 aliphatic carbocycles. The predicted octanol–water partition coefficient (Wildman–Crippen LogP) is 2.93. The van der Waals surface area contributed by atoms with E-state index in [1.54, 1.807) is 5.57 Å². The number of rotatable bonds is 1. The summed E-state index contributed by atoms with van der Waals surface area (Å²) in [6, 6.07) is 0. The van der Waals surface area contributed by atoms with Gasteiger partial charge in [0.05, 0.1) is 0 Å². The topological polar surface area (TPSA) is 43.4 Å². The molecule has 0 saturated carbocycles. The monoisotopic (exact) mass is 234 g/mol. The quantitative estimate of drug-likeness (QED) is 0.398. The molecule has 0 radical (unpaired) electrons. The van der Waals surface area contributed by atoms with Crippen molar-refractivity contribution in [3.05, 3.63) is 36.0 Å². The van der Waals surface area contributed by atoms with Crippen LogP contribution in [0.5, 0.6) is 0 Å². The van der Waals surface area contributed by atoms with E-state index in [0.717, 1.165) is 18.1 Å². The molecule has 1 unspecified atom stereocenters. The van der Waals surface area contributed by atoms with Crippen LogP contribution in [0.15, 0.2) is 36.0 Å². The van der Waals surface area contributed by atoms with Gasteiger partial charge < -0.3 is 4.74 Å². The largest absolute Gasteiger partial charge is 0.387 e. The Labute approximate surface area is 102 Å². The summed E-state index contributed by atoms with van der Waals surface area (Å²) in [7, 11) is 0. The number of hydrogen-bond acceptors (Lipinski definition) is 3. The van der Waals surface area contributed by atoms with Crippen LogP contribution in [0, 0.1) is 5.92 Å². The number of hydrogen-bond donors (Lipinski definition) is 0. The van der Waals surface area contributed by atoms with Crippen molar-refractivity contribution in [2.75, 3.05) is 0 Å². The lowest BCUT2D eigenvalue weighted by Gasteiger charge is -2.19. The third kappa shape index (κ3) is 4.81. The molecule has 3 nitrogen and oxygen atoms in total. The van der Waals surface area contributed by atoms with Crippen molar-refractivity contribution in [1.82, 2.24) is 0 Å². The van der Waals surface area contributed by atoms with Crippen LogP contribution in [-0.2, 0) is 14.3 Å². The van der Waals surface area contributed by atoms with Gasteiger partial charge >= 0.3 is 11.9 Å². The van der Waals surface area contributed by atoms with E-state index >= 15 is 0 Å². The van der Waals surface area contributed by atoms with Gasteiger partial charge in [0.15, 0.2) is 0 Å². The number of allylic oxidation sites excluding steroid dienone is 3. The van der Waals surface area contributed by atoms with Crippen molar-refractivity contribution in [2.24, 2.45) is 5.92 Å². The molecule has 0 saturated heterocycles. The highest BCUT2D eigenvalue weighted by atomic mass is 16.6. The highest BCUT2D eigenvalue weighted by Crippen LogP contribution is 2.27. The molecule has 0 spiro atoms. The molecule has 0 bridgehead atoms. The van der Waals surface area contributed by atoms with Crippen molar-refractivity contribution < 1.29 is 14.3 Å². The number of cyclic esters (lactones) is 2. The van der Waals surface area contributed by atoms with Crippen LogP contribution in [0.25, 0.3) is 0 Å². The van der Waals surface area contributed by atoms with E-state index in [0.29, 0.717) is 0 Å². The molecule has 1 aliphatic heterocycles. The van der Waals surface area contributed by atoms with E-state index in [2.05, 4.69) is 31.2 Å². The second-order valence-electron chi connectivity index (χ2n) is 4.44. The average molecular weight is 234 g/mol. The molecule has 3 heteroatoms. The molecule has 0 aromatic rings. The first kappa shape index (κ1) is 13.4. The Morgan fingerprint density at radius 3 is 2.24 bits per heavy atom. The summed E-state index contributed by atoms with van der Waals surface area (Å²) in [5.41, 5.74) is 2.90. The molecule has 2 aliphatic rings. The van der Waals surface area contributed by atoms with E-state index in [9.17, 15) is 9.59 Å². The zero-order valence-electron chi connectivity index (χ0n) is 10.4. The standard InChI is InChI=1S/C10H16.C4H2O3/c1-8(2)10-6-4-9(3)5-7-10;5-3-1-2-4(6)7-3/h4,10H,1,5-7H2,2-3H3;1-2H. The van der Waals surface area contributed by atoms with E-state index < -0.39 is 11.9 Å². The fourth-order valence-corrected chi connectivity index (χ4v) is 1.72. The SMILES string of the molecule is C=C(C)C1CC=C(C)CC1.O=C1C=CC(=O)O1. The normalized spacial score (nSPS) is 22.5. The Kier molecular flexibility index (Phi) is 4.88. The number of ether oxygens (including phenoxy) is 1. The fourth-order valence-electron chi connectivity index (χ4n) is 1.72. The van der Waals surface area contributed by atoms with Gasteiger partial charge in [-0.2, -0.15) is 0 Å². The van der Waals surface area contributed by atoms with E-state index in [1.807, 2.05) is 0 Å². The van der Waals surface area contributed by atoms with Crippen molar-refractivity contribution in [1.29, 1.82) is 0 Å². The molecule has 17 heavy (non-hydrogen) atoms. The molecule has 0 N–H and O–H groups in total. The summed E-state index contributed by atoms with van der Waals surface area (Å²) >= 11 is 0. The maximum atomic E-state index is 9.92. The van der Waals surface area contributed by atoms with Gasteiger partial charge in [0, 0.05) is 12.2 Å². The molecular weight excluding hydrogens is 216 g/mol. The summed E-state index contributed by atoms with van der Waals surface area (Å²) in [6.07, 6.45) is 8.34. The molecule has 0 fully saturated rings. The summed E-state index contributed by atoms with van der Waals surface area (Å²) in [6.45, 7) is 8.33.